The number of carbonyl (C=O) groups excluding carboxylic acids is 1. The lowest BCUT2D eigenvalue weighted by atomic mass is 9.99. The van der Waals surface area contributed by atoms with Crippen molar-refractivity contribution in [3.05, 3.63) is 106 Å². The quantitative estimate of drug-likeness (QED) is 0.361. The summed E-state index contributed by atoms with van der Waals surface area (Å²) in [6.45, 7) is 8.17. The van der Waals surface area contributed by atoms with Gasteiger partial charge in [-0.15, -0.1) is 0 Å². The minimum atomic E-state index is -0.0949. The number of benzene rings is 3. The Hall–Kier alpha value is -3.92. The van der Waals surface area contributed by atoms with Crippen LogP contribution in [-0.2, 0) is 0 Å². The highest BCUT2D eigenvalue weighted by Crippen LogP contribution is 2.36. The van der Waals surface area contributed by atoms with Gasteiger partial charge in [-0.25, -0.2) is 4.68 Å². The van der Waals surface area contributed by atoms with Crippen LogP contribution in [0, 0.1) is 27.7 Å². The van der Waals surface area contributed by atoms with Gasteiger partial charge in [-0.1, -0.05) is 35.9 Å². The molecule has 0 saturated heterocycles. The number of carbonyl (C=O) groups is 1. The standard InChI is InChI=1S/C28H24N2O2/c1-17-10-11-18(2)23(12-17)27-21(16-30(29-27)22-8-6-5-7-9-22)15-26-28(31)24-13-19(3)20(4)14-25(24)32-26/h5-16H,1-4H3/b26-15-. The third-order valence-electron chi connectivity index (χ3n) is 5.98. The van der Waals surface area contributed by atoms with Gasteiger partial charge in [0, 0.05) is 17.3 Å². The molecule has 0 aliphatic carbocycles. The van der Waals surface area contributed by atoms with Crippen molar-refractivity contribution in [1.29, 1.82) is 0 Å². The van der Waals surface area contributed by atoms with E-state index in [0.29, 0.717) is 17.1 Å². The predicted octanol–water partition coefficient (Wildman–Crippen LogP) is 6.39. The van der Waals surface area contributed by atoms with Gasteiger partial charge in [0.25, 0.3) is 0 Å². The van der Waals surface area contributed by atoms with Gasteiger partial charge >= 0.3 is 0 Å². The molecule has 4 nitrogen and oxygen atoms in total. The Balaban J connectivity index is 1.66. The summed E-state index contributed by atoms with van der Waals surface area (Å²) in [7, 11) is 0. The normalized spacial score (nSPS) is 14.0. The highest BCUT2D eigenvalue weighted by atomic mass is 16.5. The number of rotatable bonds is 3. The van der Waals surface area contributed by atoms with E-state index in [1.165, 1.54) is 0 Å². The molecule has 0 fully saturated rings. The van der Waals surface area contributed by atoms with Crippen LogP contribution in [0.25, 0.3) is 23.0 Å². The average Bonchev–Trinajstić information content (AvgIpc) is 3.33. The second-order valence-electron chi connectivity index (χ2n) is 8.40. The molecule has 0 unspecified atom stereocenters. The Bertz CT molecular complexity index is 1390. The van der Waals surface area contributed by atoms with E-state index >= 15 is 0 Å². The van der Waals surface area contributed by atoms with Gasteiger partial charge in [0.2, 0.25) is 5.78 Å². The molecule has 5 rings (SSSR count). The molecule has 3 aromatic carbocycles. The van der Waals surface area contributed by atoms with E-state index in [1.807, 2.05) is 73.3 Å². The van der Waals surface area contributed by atoms with Crippen molar-refractivity contribution >= 4 is 11.9 Å². The molecule has 2 heterocycles. The molecule has 0 radical (unpaired) electrons. The fourth-order valence-electron chi connectivity index (χ4n) is 3.99. The van der Waals surface area contributed by atoms with Crippen LogP contribution in [0.1, 0.15) is 38.2 Å². The molecule has 0 saturated carbocycles. The van der Waals surface area contributed by atoms with Gasteiger partial charge in [-0.3, -0.25) is 4.79 Å². The third kappa shape index (κ3) is 3.44. The number of nitrogens with zero attached hydrogens (tertiary/aromatic N) is 2. The van der Waals surface area contributed by atoms with E-state index in [4.69, 9.17) is 9.84 Å². The van der Waals surface area contributed by atoms with Crippen LogP contribution in [0.4, 0.5) is 0 Å². The molecule has 0 amide bonds. The molecule has 1 aliphatic rings. The monoisotopic (exact) mass is 420 g/mol. The van der Waals surface area contributed by atoms with Gasteiger partial charge < -0.3 is 4.74 Å². The number of hydrogen-bond donors (Lipinski definition) is 0. The number of fused-ring (bicyclic) bond motifs is 1. The highest BCUT2D eigenvalue weighted by Gasteiger charge is 2.28. The fourth-order valence-corrected chi connectivity index (χ4v) is 3.99. The van der Waals surface area contributed by atoms with Crippen LogP contribution in [0.15, 0.2) is 72.6 Å². The summed E-state index contributed by atoms with van der Waals surface area (Å²) in [6, 6.07) is 20.1. The zero-order chi connectivity index (χ0) is 22.4. The van der Waals surface area contributed by atoms with Crippen molar-refractivity contribution in [3.8, 4) is 22.7 Å². The molecule has 1 aromatic heterocycles. The predicted molar refractivity (Wildman–Crippen MR) is 127 cm³/mol. The Morgan fingerprint density at radius 3 is 2.38 bits per heavy atom. The first kappa shape index (κ1) is 20.0. The summed E-state index contributed by atoms with van der Waals surface area (Å²) in [5.41, 5.74) is 8.74. The number of hydrogen-bond acceptors (Lipinski definition) is 3. The van der Waals surface area contributed by atoms with Crippen LogP contribution in [-0.4, -0.2) is 15.6 Å². The van der Waals surface area contributed by atoms with E-state index in [-0.39, 0.29) is 5.78 Å². The fraction of sp³-hybridized carbons (Fsp3) is 0.143. The SMILES string of the molecule is Cc1ccc(C)c(-c2nn(-c3ccccc3)cc2/C=C2\Oc3cc(C)c(C)cc3C2=O)c1. The van der Waals surface area contributed by atoms with Crippen molar-refractivity contribution in [2.24, 2.45) is 0 Å². The lowest BCUT2D eigenvalue weighted by molar-refractivity contribution is 0.101. The van der Waals surface area contributed by atoms with Crippen molar-refractivity contribution in [3.63, 3.8) is 0 Å². The lowest BCUT2D eigenvalue weighted by Crippen LogP contribution is -1.98. The third-order valence-corrected chi connectivity index (χ3v) is 5.98. The van der Waals surface area contributed by atoms with Crippen LogP contribution in [0.2, 0.25) is 0 Å². The Morgan fingerprint density at radius 2 is 1.59 bits per heavy atom. The van der Waals surface area contributed by atoms with E-state index in [0.717, 1.165) is 44.8 Å². The zero-order valence-corrected chi connectivity index (χ0v) is 18.6. The largest absolute Gasteiger partial charge is 0.452 e. The number of aromatic nitrogens is 2. The molecule has 4 aromatic rings. The first-order valence-electron chi connectivity index (χ1n) is 10.7. The van der Waals surface area contributed by atoms with E-state index < -0.39 is 0 Å². The maximum atomic E-state index is 13.1. The number of allylic oxidation sites excluding steroid dienone is 1. The van der Waals surface area contributed by atoms with Crippen molar-refractivity contribution in [2.45, 2.75) is 27.7 Å². The molecular weight excluding hydrogens is 396 g/mol. The van der Waals surface area contributed by atoms with Crippen molar-refractivity contribution in [2.75, 3.05) is 0 Å². The summed E-state index contributed by atoms with van der Waals surface area (Å²) in [6.07, 6.45) is 3.77. The number of ether oxygens (including phenoxy) is 1. The van der Waals surface area contributed by atoms with Crippen LogP contribution in [0.3, 0.4) is 0 Å². The summed E-state index contributed by atoms with van der Waals surface area (Å²) < 4.78 is 7.84. The second kappa shape index (κ2) is 7.65. The number of Topliss-reactive ketones (excluding diaryl/α,β-unsaturated/α-hetero) is 1. The summed E-state index contributed by atoms with van der Waals surface area (Å²) in [5, 5.41) is 4.90. The molecule has 0 N–H and O–H groups in total. The molecule has 1 aliphatic heterocycles. The Morgan fingerprint density at radius 1 is 0.844 bits per heavy atom. The van der Waals surface area contributed by atoms with Gasteiger partial charge in [-0.2, -0.15) is 5.10 Å². The molecule has 0 bridgehead atoms. The molecule has 0 spiro atoms. The lowest BCUT2D eigenvalue weighted by Gasteiger charge is -2.06. The van der Waals surface area contributed by atoms with E-state index in [1.54, 1.807) is 0 Å². The van der Waals surface area contributed by atoms with Crippen LogP contribution < -0.4 is 4.74 Å². The maximum Gasteiger partial charge on any atom is 0.231 e. The van der Waals surface area contributed by atoms with Gasteiger partial charge in [-0.05, 0) is 80.8 Å². The molecule has 158 valence electrons. The second-order valence-corrected chi connectivity index (χ2v) is 8.40. The Labute approximate surface area is 187 Å². The first-order valence-corrected chi connectivity index (χ1v) is 10.7. The number of ketones is 1. The van der Waals surface area contributed by atoms with Gasteiger partial charge in [0.05, 0.1) is 11.3 Å². The average molecular weight is 421 g/mol. The first-order chi connectivity index (χ1) is 15.4. The highest BCUT2D eigenvalue weighted by molar-refractivity contribution is 6.14. The molecule has 0 atom stereocenters. The zero-order valence-electron chi connectivity index (χ0n) is 18.6. The van der Waals surface area contributed by atoms with Gasteiger partial charge in [0.1, 0.15) is 11.4 Å². The smallest absolute Gasteiger partial charge is 0.231 e. The van der Waals surface area contributed by atoms with Crippen LogP contribution >= 0.6 is 0 Å². The molecule has 32 heavy (non-hydrogen) atoms. The van der Waals surface area contributed by atoms with Gasteiger partial charge in [0.15, 0.2) is 5.76 Å². The summed E-state index contributed by atoms with van der Waals surface area (Å²) in [4.78, 5) is 13.1. The molecule has 4 heteroatoms. The van der Waals surface area contributed by atoms with E-state index in [9.17, 15) is 4.79 Å². The summed E-state index contributed by atoms with van der Waals surface area (Å²) >= 11 is 0. The molecular formula is C28H24N2O2. The minimum absolute atomic E-state index is 0.0949. The minimum Gasteiger partial charge on any atom is -0.452 e. The number of aryl methyl sites for hydroxylation is 4. The maximum absolute atomic E-state index is 13.1. The summed E-state index contributed by atoms with van der Waals surface area (Å²) in [5.74, 6) is 0.847. The van der Waals surface area contributed by atoms with E-state index in [2.05, 4.69) is 32.0 Å². The van der Waals surface area contributed by atoms with Crippen molar-refractivity contribution < 1.29 is 9.53 Å². The Kier molecular flexibility index (Phi) is 4.78. The van der Waals surface area contributed by atoms with Crippen LogP contribution in [0.5, 0.6) is 5.75 Å². The topological polar surface area (TPSA) is 44.1 Å². The number of para-hydroxylation sites is 1. The van der Waals surface area contributed by atoms with Crippen molar-refractivity contribution in [1.82, 2.24) is 9.78 Å².